The number of rotatable bonds is 5. The van der Waals surface area contributed by atoms with E-state index in [1.54, 1.807) is 19.2 Å². The van der Waals surface area contributed by atoms with Crippen LogP contribution in [0.5, 0.6) is 0 Å². The van der Waals surface area contributed by atoms with Gasteiger partial charge in [0.2, 0.25) is 0 Å². The SMILES string of the molecule is CCS(=O)(=O)CCCn1cc(Br)cc(Br)c1=O. The fraction of sp³-hybridized carbons (Fsp3) is 0.500. The lowest BCUT2D eigenvalue weighted by Crippen LogP contribution is -2.21. The van der Waals surface area contributed by atoms with Gasteiger partial charge < -0.3 is 4.57 Å². The maximum atomic E-state index is 11.7. The summed E-state index contributed by atoms with van der Waals surface area (Å²) in [7, 11) is -2.96. The predicted octanol–water partition coefficient (Wildman–Crippen LogP) is 2.20. The van der Waals surface area contributed by atoms with E-state index in [0.29, 0.717) is 17.4 Å². The van der Waals surface area contributed by atoms with Crippen molar-refractivity contribution in [2.45, 2.75) is 19.9 Å². The average molecular weight is 387 g/mol. The molecule has 1 aromatic heterocycles. The van der Waals surface area contributed by atoms with Crippen molar-refractivity contribution < 1.29 is 8.42 Å². The molecule has 0 aliphatic rings. The van der Waals surface area contributed by atoms with Gasteiger partial charge in [-0.15, -0.1) is 0 Å². The van der Waals surface area contributed by atoms with E-state index in [4.69, 9.17) is 0 Å². The van der Waals surface area contributed by atoms with Gasteiger partial charge in [-0.2, -0.15) is 0 Å². The molecule has 0 aromatic carbocycles. The fourth-order valence-corrected chi connectivity index (χ4v) is 3.45. The molecular weight excluding hydrogens is 374 g/mol. The number of nitrogens with zero attached hydrogens (tertiary/aromatic N) is 1. The van der Waals surface area contributed by atoms with E-state index in [2.05, 4.69) is 31.9 Å². The number of halogens is 2. The topological polar surface area (TPSA) is 56.1 Å². The number of pyridine rings is 1. The van der Waals surface area contributed by atoms with Gasteiger partial charge in [-0.1, -0.05) is 6.92 Å². The summed E-state index contributed by atoms with van der Waals surface area (Å²) in [5, 5.41) is 0. The molecule has 1 heterocycles. The van der Waals surface area contributed by atoms with E-state index in [0.717, 1.165) is 4.47 Å². The van der Waals surface area contributed by atoms with Crippen LogP contribution in [0.1, 0.15) is 13.3 Å². The molecule has 0 amide bonds. The molecule has 0 spiro atoms. The van der Waals surface area contributed by atoms with E-state index in [1.165, 1.54) is 4.57 Å². The second kappa shape index (κ2) is 6.15. The van der Waals surface area contributed by atoms with Crippen LogP contribution < -0.4 is 5.56 Å². The lowest BCUT2D eigenvalue weighted by Gasteiger charge is -2.07. The van der Waals surface area contributed by atoms with Gasteiger partial charge in [-0.05, 0) is 44.3 Å². The Morgan fingerprint density at radius 1 is 1.35 bits per heavy atom. The first-order valence-corrected chi connectivity index (χ1v) is 8.52. The average Bonchev–Trinajstić information content (AvgIpc) is 2.24. The van der Waals surface area contributed by atoms with Crippen LogP contribution in [-0.2, 0) is 16.4 Å². The van der Waals surface area contributed by atoms with Crippen molar-refractivity contribution in [3.05, 3.63) is 31.6 Å². The van der Waals surface area contributed by atoms with Crippen molar-refractivity contribution in [2.75, 3.05) is 11.5 Å². The molecule has 0 N–H and O–H groups in total. The molecule has 0 unspecified atom stereocenters. The minimum absolute atomic E-state index is 0.111. The van der Waals surface area contributed by atoms with Gasteiger partial charge >= 0.3 is 0 Å². The number of hydrogen-bond acceptors (Lipinski definition) is 3. The lowest BCUT2D eigenvalue weighted by molar-refractivity contribution is 0.584. The molecule has 0 aliphatic heterocycles. The third kappa shape index (κ3) is 4.56. The van der Waals surface area contributed by atoms with Gasteiger partial charge in [0.25, 0.3) is 5.56 Å². The second-order valence-corrected chi connectivity index (χ2v) is 7.84. The summed E-state index contributed by atoms with van der Waals surface area (Å²) in [6.07, 6.45) is 2.10. The zero-order valence-electron chi connectivity index (χ0n) is 9.32. The first kappa shape index (κ1) is 14.9. The minimum Gasteiger partial charge on any atom is -0.313 e. The highest BCUT2D eigenvalue weighted by Crippen LogP contribution is 2.13. The smallest absolute Gasteiger partial charge is 0.264 e. The molecule has 1 rings (SSSR count). The Hall–Kier alpha value is -0.140. The minimum atomic E-state index is -2.96. The normalized spacial score (nSPS) is 11.7. The van der Waals surface area contributed by atoms with Crippen molar-refractivity contribution in [3.63, 3.8) is 0 Å². The summed E-state index contributed by atoms with van der Waals surface area (Å²) in [6, 6.07) is 1.67. The zero-order chi connectivity index (χ0) is 13.1. The number of hydrogen-bond donors (Lipinski definition) is 0. The van der Waals surface area contributed by atoms with Crippen LogP contribution in [0.15, 0.2) is 26.0 Å². The molecule has 0 saturated carbocycles. The Balaban J connectivity index is 2.74. The lowest BCUT2D eigenvalue weighted by atomic mass is 10.4. The van der Waals surface area contributed by atoms with Crippen LogP contribution in [0, 0.1) is 0 Å². The number of aryl methyl sites for hydroxylation is 1. The summed E-state index contributed by atoms with van der Waals surface area (Å²) >= 11 is 6.44. The van der Waals surface area contributed by atoms with Crippen LogP contribution in [0.25, 0.3) is 0 Å². The van der Waals surface area contributed by atoms with E-state index >= 15 is 0 Å². The maximum absolute atomic E-state index is 11.7. The Morgan fingerprint density at radius 3 is 2.59 bits per heavy atom. The highest BCUT2D eigenvalue weighted by molar-refractivity contribution is 9.11. The molecule has 0 atom stereocenters. The van der Waals surface area contributed by atoms with Gasteiger partial charge in [0.05, 0.1) is 10.2 Å². The van der Waals surface area contributed by atoms with Crippen molar-refractivity contribution in [3.8, 4) is 0 Å². The van der Waals surface area contributed by atoms with Crippen LogP contribution >= 0.6 is 31.9 Å². The van der Waals surface area contributed by atoms with Crippen molar-refractivity contribution >= 4 is 41.7 Å². The highest BCUT2D eigenvalue weighted by Gasteiger charge is 2.08. The molecule has 7 heteroatoms. The molecule has 1 aromatic rings. The Bertz CT molecular complexity index is 551. The Kier molecular flexibility index (Phi) is 5.40. The van der Waals surface area contributed by atoms with Crippen molar-refractivity contribution in [2.24, 2.45) is 0 Å². The molecule has 0 radical (unpaired) electrons. The van der Waals surface area contributed by atoms with Gasteiger partial charge in [0.1, 0.15) is 9.84 Å². The van der Waals surface area contributed by atoms with Crippen LogP contribution in [0.2, 0.25) is 0 Å². The van der Waals surface area contributed by atoms with Gasteiger partial charge in [0, 0.05) is 23.0 Å². The molecule has 0 bridgehead atoms. The van der Waals surface area contributed by atoms with E-state index in [9.17, 15) is 13.2 Å². The second-order valence-electron chi connectivity index (χ2n) is 3.59. The quantitative estimate of drug-likeness (QED) is 0.779. The van der Waals surface area contributed by atoms with E-state index < -0.39 is 9.84 Å². The number of sulfone groups is 1. The summed E-state index contributed by atoms with van der Waals surface area (Å²) in [5.74, 6) is 0.254. The molecule has 96 valence electrons. The first-order valence-electron chi connectivity index (χ1n) is 5.11. The standard InChI is InChI=1S/C10H13Br2NO3S/c1-2-17(15,16)5-3-4-13-7-8(11)6-9(12)10(13)14/h6-7H,2-5H2,1H3. The molecule has 0 saturated heterocycles. The van der Waals surface area contributed by atoms with Gasteiger partial charge in [0.15, 0.2) is 0 Å². The maximum Gasteiger partial charge on any atom is 0.264 e. The van der Waals surface area contributed by atoms with Crippen molar-refractivity contribution in [1.29, 1.82) is 0 Å². The molecular formula is C10H13Br2NO3S. The largest absolute Gasteiger partial charge is 0.313 e. The number of aromatic nitrogens is 1. The van der Waals surface area contributed by atoms with E-state index in [-0.39, 0.29) is 17.1 Å². The molecule has 0 aliphatic carbocycles. The first-order chi connectivity index (χ1) is 7.85. The van der Waals surface area contributed by atoms with Gasteiger partial charge in [-0.3, -0.25) is 4.79 Å². The van der Waals surface area contributed by atoms with Crippen LogP contribution in [0.3, 0.4) is 0 Å². The summed E-state index contributed by atoms with van der Waals surface area (Å²) in [5.41, 5.74) is -0.151. The summed E-state index contributed by atoms with van der Waals surface area (Å²) < 4.78 is 25.3. The third-order valence-electron chi connectivity index (χ3n) is 2.30. The zero-order valence-corrected chi connectivity index (χ0v) is 13.3. The monoisotopic (exact) mass is 385 g/mol. The van der Waals surface area contributed by atoms with Crippen molar-refractivity contribution in [1.82, 2.24) is 4.57 Å². The van der Waals surface area contributed by atoms with Crippen LogP contribution in [0.4, 0.5) is 0 Å². The predicted molar refractivity (Wildman–Crippen MR) is 75.0 cm³/mol. The third-order valence-corrected chi connectivity index (χ3v) is 5.10. The van der Waals surface area contributed by atoms with Gasteiger partial charge in [-0.25, -0.2) is 8.42 Å². The summed E-state index contributed by atoms with van der Waals surface area (Å²) in [6.45, 7) is 2.02. The van der Waals surface area contributed by atoms with Crippen LogP contribution in [-0.4, -0.2) is 24.5 Å². The Morgan fingerprint density at radius 2 is 2.00 bits per heavy atom. The molecule has 4 nitrogen and oxygen atoms in total. The van der Waals surface area contributed by atoms with E-state index in [1.807, 2.05) is 0 Å². The fourth-order valence-electron chi connectivity index (χ4n) is 1.33. The summed E-state index contributed by atoms with van der Waals surface area (Å²) in [4.78, 5) is 11.7. The molecule has 17 heavy (non-hydrogen) atoms. The Labute approximate surface area is 117 Å². The molecule has 0 fully saturated rings. The highest BCUT2D eigenvalue weighted by atomic mass is 79.9.